The topological polar surface area (TPSA) is 85.6 Å². The summed E-state index contributed by atoms with van der Waals surface area (Å²) in [5, 5.41) is 4.88. The van der Waals surface area contributed by atoms with Crippen molar-refractivity contribution >= 4 is 63.6 Å². The molecule has 0 bridgehead atoms. The molecule has 0 spiro atoms. The van der Waals surface area contributed by atoms with Crippen LogP contribution in [0.1, 0.15) is 17.3 Å². The molecule has 0 unspecified atom stereocenters. The molecule has 2 aromatic rings. The van der Waals surface area contributed by atoms with E-state index in [9.17, 15) is 22.4 Å². The normalized spacial score (nSPS) is 11.1. The monoisotopic (exact) mass is 499 g/mol. The van der Waals surface area contributed by atoms with Crippen LogP contribution in [-0.2, 0) is 4.74 Å². The van der Waals surface area contributed by atoms with E-state index in [-0.39, 0.29) is 44.4 Å². The van der Waals surface area contributed by atoms with Gasteiger partial charge in [0, 0.05) is 6.07 Å². The van der Waals surface area contributed by atoms with Crippen LogP contribution >= 0.6 is 35.4 Å². The fourth-order valence-electron chi connectivity index (χ4n) is 2.26. The summed E-state index contributed by atoms with van der Waals surface area (Å²) < 4.78 is 61.1. The van der Waals surface area contributed by atoms with Crippen LogP contribution < -0.4 is 21.1 Å². The summed E-state index contributed by atoms with van der Waals surface area (Å²) in [4.78, 5) is 12.2. The number of carbonyl (C=O) groups is 1. The first kappa shape index (κ1) is 24.8. The van der Waals surface area contributed by atoms with Crippen LogP contribution in [0, 0.1) is 5.82 Å². The van der Waals surface area contributed by atoms with Crippen LogP contribution in [-0.4, -0.2) is 30.5 Å². The largest absolute Gasteiger partial charge is 0.483 e. The van der Waals surface area contributed by atoms with Gasteiger partial charge in [0.05, 0.1) is 33.7 Å². The average molecular weight is 500 g/mol. The third kappa shape index (κ3) is 6.74. The van der Waals surface area contributed by atoms with Crippen molar-refractivity contribution in [1.29, 1.82) is 0 Å². The molecular formula is C18H15Cl2F4N3O3S. The Morgan fingerprint density at radius 1 is 1.23 bits per heavy atom. The zero-order chi connectivity index (χ0) is 23.3. The molecule has 0 aromatic heterocycles. The molecule has 6 nitrogen and oxygen atoms in total. The Kier molecular flexibility index (Phi) is 8.15. The van der Waals surface area contributed by atoms with Crippen LogP contribution in [0.5, 0.6) is 5.75 Å². The lowest BCUT2D eigenvalue weighted by atomic mass is 10.1. The second kappa shape index (κ2) is 10.2. The number of nitrogens with one attached hydrogen (secondary N) is 2. The number of thiocarbonyl (C=S) groups is 1. The number of esters is 1. The highest BCUT2D eigenvalue weighted by atomic mass is 35.5. The third-order valence-electron chi connectivity index (χ3n) is 3.57. The molecule has 4 N–H and O–H groups in total. The Morgan fingerprint density at radius 2 is 1.90 bits per heavy atom. The highest BCUT2D eigenvalue weighted by Gasteiger charge is 2.30. The predicted molar refractivity (Wildman–Crippen MR) is 115 cm³/mol. The highest BCUT2D eigenvalue weighted by Crippen LogP contribution is 2.34. The lowest BCUT2D eigenvalue weighted by Crippen LogP contribution is -2.22. The standard InChI is InChI=1S/C18H15Cl2F4N3O3S/c1-2-29-16(28)8-5-12(11(25)6-13(8)30-7-18(22,23)24)26-17(31)27-15-10(21)4-3-9(19)14(15)20/h3-6H,2,7,25H2,1H3,(H2,26,27,31). The number of alkyl halides is 3. The maximum absolute atomic E-state index is 14.0. The number of carbonyl (C=O) groups excluding carboxylic acids is 1. The van der Waals surface area contributed by atoms with E-state index >= 15 is 0 Å². The first-order chi connectivity index (χ1) is 14.4. The van der Waals surface area contributed by atoms with Gasteiger partial charge in [-0.05, 0) is 37.3 Å². The summed E-state index contributed by atoms with van der Waals surface area (Å²) in [7, 11) is 0. The molecule has 13 heteroatoms. The Morgan fingerprint density at radius 3 is 2.52 bits per heavy atom. The van der Waals surface area contributed by atoms with E-state index in [1.807, 2.05) is 0 Å². The first-order valence-corrected chi connectivity index (χ1v) is 9.61. The van der Waals surface area contributed by atoms with Crippen molar-refractivity contribution in [2.75, 3.05) is 29.6 Å². The van der Waals surface area contributed by atoms with Gasteiger partial charge >= 0.3 is 12.1 Å². The van der Waals surface area contributed by atoms with Crippen molar-refractivity contribution in [2.45, 2.75) is 13.1 Å². The predicted octanol–water partition coefficient (Wildman–Crippen LogP) is 5.64. The van der Waals surface area contributed by atoms with Gasteiger partial charge in [0.15, 0.2) is 11.7 Å². The first-order valence-electron chi connectivity index (χ1n) is 8.44. The van der Waals surface area contributed by atoms with Gasteiger partial charge in [-0.15, -0.1) is 0 Å². The molecule has 0 heterocycles. The van der Waals surface area contributed by atoms with Crippen LogP contribution in [0.4, 0.5) is 34.6 Å². The van der Waals surface area contributed by atoms with E-state index in [1.165, 1.54) is 13.0 Å². The van der Waals surface area contributed by atoms with E-state index in [1.54, 1.807) is 0 Å². The number of hydrogen-bond acceptors (Lipinski definition) is 5. The lowest BCUT2D eigenvalue weighted by Gasteiger charge is -2.18. The molecule has 0 radical (unpaired) electrons. The molecule has 2 aromatic carbocycles. The van der Waals surface area contributed by atoms with Gasteiger partial charge in [-0.3, -0.25) is 0 Å². The van der Waals surface area contributed by atoms with Gasteiger partial charge in [0.1, 0.15) is 17.1 Å². The van der Waals surface area contributed by atoms with Gasteiger partial charge in [0.2, 0.25) is 0 Å². The number of ether oxygens (including phenoxy) is 2. The molecule has 0 aliphatic carbocycles. The number of rotatable bonds is 6. The molecular weight excluding hydrogens is 485 g/mol. The van der Waals surface area contributed by atoms with Gasteiger partial charge in [-0.1, -0.05) is 23.2 Å². The van der Waals surface area contributed by atoms with Gasteiger partial charge in [0.25, 0.3) is 0 Å². The maximum atomic E-state index is 14.0. The molecule has 2 rings (SSSR count). The molecule has 0 amide bonds. The minimum atomic E-state index is -4.64. The van der Waals surface area contributed by atoms with Gasteiger partial charge in [-0.2, -0.15) is 13.2 Å². The summed E-state index contributed by atoms with van der Waals surface area (Å²) >= 11 is 16.9. The smallest absolute Gasteiger partial charge is 0.422 e. The molecule has 0 saturated heterocycles. The molecule has 0 saturated carbocycles. The number of benzene rings is 2. The summed E-state index contributed by atoms with van der Waals surface area (Å²) in [6, 6.07) is 4.43. The number of anilines is 3. The number of nitrogens with two attached hydrogens (primary N) is 1. The minimum absolute atomic E-state index is 0.0264. The highest BCUT2D eigenvalue weighted by molar-refractivity contribution is 7.80. The number of nitrogen functional groups attached to an aromatic ring is 1. The maximum Gasteiger partial charge on any atom is 0.422 e. The van der Waals surface area contributed by atoms with Crippen LogP contribution in [0.3, 0.4) is 0 Å². The van der Waals surface area contributed by atoms with Crippen molar-refractivity contribution in [3.8, 4) is 5.75 Å². The van der Waals surface area contributed by atoms with E-state index in [2.05, 4.69) is 15.4 Å². The third-order valence-corrected chi connectivity index (χ3v) is 4.58. The fraction of sp³-hybridized carbons (Fsp3) is 0.222. The summed E-state index contributed by atoms with van der Waals surface area (Å²) in [6.07, 6.45) is -4.64. The zero-order valence-corrected chi connectivity index (χ0v) is 18.0. The lowest BCUT2D eigenvalue weighted by molar-refractivity contribution is -0.153. The van der Waals surface area contributed by atoms with Crippen molar-refractivity contribution < 1.29 is 31.8 Å². The second-order valence-electron chi connectivity index (χ2n) is 5.86. The fourth-order valence-corrected chi connectivity index (χ4v) is 2.83. The number of hydrogen-bond donors (Lipinski definition) is 3. The molecule has 168 valence electrons. The SMILES string of the molecule is CCOC(=O)c1cc(NC(=S)Nc2c(F)ccc(Cl)c2Cl)c(N)cc1OCC(F)(F)F. The molecule has 31 heavy (non-hydrogen) atoms. The van der Waals surface area contributed by atoms with Crippen LogP contribution in [0.25, 0.3) is 0 Å². The second-order valence-corrected chi connectivity index (χ2v) is 7.05. The van der Waals surface area contributed by atoms with Crippen molar-refractivity contribution in [3.63, 3.8) is 0 Å². The molecule has 0 aliphatic rings. The van der Waals surface area contributed by atoms with E-state index < -0.39 is 30.3 Å². The van der Waals surface area contributed by atoms with Crippen molar-refractivity contribution in [2.24, 2.45) is 0 Å². The summed E-state index contributed by atoms with van der Waals surface area (Å²) in [6.45, 7) is -0.151. The Labute approximate surface area is 189 Å². The Balaban J connectivity index is 2.32. The number of halogens is 6. The van der Waals surface area contributed by atoms with Crippen molar-refractivity contribution in [1.82, 2.24) is 0 Å². The molecule has 0 atom stereocenters. The van der Waals surface area contributed by atoms with Crippen LogP contribution in [0.15, 0.2) is 24.3 Å². The molecule has 0 fully saturated rings. The summed E-state index contributed by atoms with van der Waals surface area (Å²) in [5.41, 5.74) is 5.24. The Bertz CT molecular complexity index is 1010. The van der Waals surface area contributed by atoms with E-state index in [4.69, 9.17) is 45.9 Å². The van der Waals surface area contributed by atoms with Crippen LogP contribution in [0.2, 0.25) is 10.0 Å². The molecule has 0 aliphatic heterocycles. The van der Waals surface area contributed by atoms with Gasteiger partial charge in [-0.25, -0.2) is 9.18 Å². The minimum Gasteiger partial charge on any atom is -0.483 e. The van der Waals surface area contributed by atoms with Gasteiger partial charge < -0.3 is 25.8 Å². The quantitative estimate of drug-likeness (QED) is 0.156. The van der Waals surface area contributed by atoms with E-state index in [0.29, 0.717) is 0 Å². The summed E-state index contributed by atoms with van der Waals surface area (Å²) in [5.74, 6) is -2.11. The Hall–Kier alpha value is -2.50. The van der Waals surface area contributed by atoms with E-state index in [0.717, 1.165) is 18.2 Å². The average Bonchev–Trinajstić information content (AvgIpc) is 2.67. The van der Waals surface area contributed by atoms with Crippen molar-refractivity contribution in [3.05, 3.63) is 45.7 Å². The zero-order valence-electron chi connectivity index (χ0n) is 15.7.